The van der Waals surface area contributed by atoms with Crippen LogP contribution in [-0.4, -0.2) is 9.67 Å². The van der Waals surface area contributed by atoms with Crippen molar-refractivity contribution in [2.24, 2.45) is 11.3 Å². The first-order chi connectivity index (χ1) is 8.35. The van der Waals surface area contributed by atoms with Crippen LogP contribution in [0.3, 0.4) is 0 Å². The number of hydrogen-bond donors (Lipinski definition) is 1. The normalized spacial score (nSPS) is 24.1. The molecule has 2 rings (SSSR count). The summed E-state index contributed by atoms with van der Waals surface area (Å²) in [5.41, 5.74) is 2.73. The third-order valence-corrected chi connectivity index (χ3v) is 4.36. The summed E-state index contributed by atoms with van der Waals surface area (Å²) in [6, 6.07) is 2.68. The second-order valence-electron chi connectivity index (χ2n) is 6.91. The standard InChI is InChI=1S/C16H27NO/c1-6-13(11(2)3)17-8-7-12-14(17)9-16(4,5)10-15(12)18/h7-8,11,13,15,18H,6,9-10H2,1-5H3. The summed E-state index contributed by atoms with van der Waals surface area (Å²) in [6.45, 7) is 11.3. The minimum atomic E-state index is -0.283. The Balaban J connectivity index is 2.42. The molecule has 2 heteroatoms. The molecule has 0 radical (unpaired) electrons. The van der Waals surface area contributed by atoms with Crippen LogP contribution < -0.4 is 0 Å². The van der Waals surface area contributed by atoms with Crippen molar-refractivity contribution in [3.05, 3.63) is 23.5 Å². The van der Waals surface area contributed by atoms with Gasteiger partial charge in [0.15, 0.2) is 0 Å². The van der Waals surface area contributed by atoms with Gasteiger partial charge in [-0.25, -0.2) is 0 Å². The van der Waals surface area contributed by atoms with Gasteiger partial charge in [0.1, 0.15) is 0 Å². The van der Waals surface area contributed by atoms with Crippen LogP contribution in [0.1, 0.15) is 70.9 Å². The fourth-order valence-electron chi connectivity index (χ4n) is 3.45. The van der Waals surface area contributed by atoms with E-state index in [1.54, 1.807) is 0 Å². The Morgan fingerprint density at radius 3 is 2.67 bits per heavy atom. The molecule has 1 heterocycles. The van der Waals surface area contributed by atoms with Crippen molar-refractivity contribution >= 4 is 0 Å². The fraction of sp³-hybridized carbons (Fsp3) is 0.750. The third kappa shape index (κ3) is 2.35. The number of nitrogens with zero attached hydrogens (tertiary/aromatic N) is 1. The van der Waals surface area contributed by atoms with E-state index < -0.39 is 0 Å². The number of aliphatic hydroxyl groups excluding tert-OH is 1. The smallest absolute Gasteiger partial charge is 0.0812 e. The van der Waals surface area contributed by atoms with Crippen molar-refractivity contribution < 1.29 is 5.11 Å². The molecule has 2 nitrogen and oxygen atoms in total. The van der Waals surface area contributed by atoms with Crippen LogP contribution in [0, 0.1) is 11.3 Å². The van der Waals surface area contributed by atoms with Crippen molar-refractivity contribution in [1.82, 2.24) is 4.57 Å². The van der Waals surface area contributed by atoms with Crippen LogP contribution in [0.5, 0.6) is 0 Å². The lowest BCUT2D eigenvalue weighted by Crippen LogP contribution is -2.28. The maximum absolute atomic E-state index is 10.3. The van der Waals surface area contributed by atoms with Gasteiger partial charge in [-0.2, -0.15) is 0 Å². The fourth-order valence-corrected chi connectivity index (χ4v) is 3.45. The number of fused-ring (bicyclic) bond motifs is 1. The molecule has 2 unspecified atom stereocenters. The van der Waals surface area contributed by atoms with Crippen molar-refractivity contribution in [1.29, 1.82) is 0 Å². The lowest BCUT2D eigenvalue weighted by molar-refractivity contribution is 0.0968. The van der Waals surface area contributed by atoms with E-state index in [-0.39, 0.29) is 11.5 Å². The monoisotopic (exact) mass is 249 g/mol. The maximum Gasteiger partial charge on any atom is 0.0812 e. The van der Waals surface area contributed by atoms with Crippen molar-refractivity contribution in [2.45, 2.75) is 66.0 Å². The van der Waals surface area contributed by atoms with Gasteiger partial charge in [0.05, 0.1) is 6.10 Å². The molecule has 0 saturated heterocycles. The van der Waals surface area contributed by atoms with Gasteiger partial charge in [0, 0.05) is 23.5 Å². The van der Waals surface area contributed by atoms with Gasteiger partial charge in [-0.3, -0.25) is 0 Å². The second-order valence-corrected chi connectivity index (χ2v) is 6.91. The Bertz CT molecular complexity index is 417. The van der Waals surface area contributed by atoms with Crippen LogP contribution in [-0.2, 0) is 6.42 Å². The Kier molecular flexibility index (Phi) is 3.59. The molecule has 1 aromatic rings. The molecule has 1 aliphatic rings. The Morgan fingerprint density at radius 1 is 1.44 bits per heavy atom. The largest absolute Gasteiger partial charge is 0.388 e. The van der Waals surface area contributed by atoms with E-state index in [4.69, 9.17) is 0 Å². The van der Waals surface area contributed by atoms with Gasteiger partial charge in [-0.1, -0.05) is 34.6 Å². The predicted octanol–water partition coefficient (Wildman–Crippen LogP) is 4.10. The molecule has 0 aromatic carbocycles. The summed E-state index contributed by atoms with van der Waals surface area (Å²) in [4.78, 5) is 0. The first-order valence-corrected chi connectivity index (χ1v) is 7.23. The van der Waals surface area contributed by atoms with Gasteiger partial charge in [0.25, 0.3) is 0 Å². The van der Waals surface area contributed by atoms with E-state index in [0.717, 1.165) is 24.8 Å². The summed E-state index contributed by atoms with van der Waals surface area (Å²) in [7, 11) is 0. The number of aromatic nitrogens is 1. The molecule has 0 spiro atoms. The predicted molar refractivity (Wildman–Crippen MR) is 75.7 cm³/mol. The van der Waals surface area contributed by atoms with Crippen molar-refractivity contribution in [3.63, 3.8) is 0 Å². The van der Waals surface area contributed by atoms with Gasteiger partial charge >= 0.3 is 0 Å². The molecule has 2 atom stereocenters. The Morgan fingerprint density at radius 2 is 2.11 bits per heavy atom. The summed E-state index contributed by atoms with van der Waals surface area (Å²) in [6.07, 6.45) is 5.01. The van der Waals surface area contributed by atoms with Crippen LogP contribution in [0.15, 0.2) is 12.3 Å². The number of aliphatic hydroxyl groups is 1. The lowest BCUT2D eigenvalue weighted by atomic mass is 9.75. The minimum Gasteiger partial charge on any atom is -0.388 e. The van der Waals surface area contributed by atoms with E-state index in [0.29, 0.717) is 12.0 Å². The first kappa shape index (κ1) is 13.7. The topological polar surface area (TPSA) is 25.2 Å². The zero-order chi connectivity index (χ0) is 13.5. The summed E-state index contributed by atoms with van der Waals surface area (Å²) in [5.74, 6) is 0.633. The van der Waals surface area contributed by atoms with Crippen LogP contribution in [0.25, 0.3) is 0 Å². The highest BCUT2D eigenvalue weighted by Gasteiger charge is 2.34. The van der Waals surface area contributed by atoms with E-state index in [1.165, 1.54) is 5.69 Å². The zero-order valence-electron chi connectivity index (χ0n) is 12.4. The van der Waals surface area contributed by atoms with E-state index >= 15 is 0 Å². The van der Waals surface area contributed by atoms with Gasteiger partial charge in [0.2, 0.25) is 0 Å². The summed E-state index contributed by atoms with van der Waals surface area (Å²) >= 11 is 0. The highest BCUT2D eigenvalue weighted by molar-refractivity contribution is 5.29. The molecule has 0 aliphatic heterocycles. The van der Waals surface area contributed by atoms with E-state index in [2.05, 4.69) is 51.4 Å². The molecular formula is C16H27NO. The molecule has 0 amide bonds. The molecular weight excluding hydrogens is 222 g/mol. The number of rotatable bonds is 3. The van der Waals surface area contributed by atoms with E-state index in [9.17, 15) is 5.11 Å². The van der Waals surface area contributed by atoms with Crippen molar-refractivity contribution in [2.75, 3.05) is 0 Å². The van der Waals surface area contributed by atoms with Gasteiger partial charge in [-0.05, 0) is 36.7 Å². The molecule has 0 bridgehead atoms. The molecule has 18 heavy (non-hydrogen) atoms. The molecule has 0 saturated carbocycles. The summed E-state index contributed by atoms with van der Waals surface area (Å²) in [5, 5.41) is 10.3. The zero-order valence-corrected chi connectivity index (χ0v) is 12.4. The van der Waals surface area contributed by atoms with E-state index in [1.807, 2.05) is 0 Å². The third-order valence-electron chi connectivity index (χ3n) is 4.36. The van der Waals surface area contributed by atoms with Gasteiger partial charge in [-0.15, -0.1) is 0 Å². The molecule has 1 aromatic heterocycles. The Labute approximate surface area is 111 Å². The van der Waals surface area contributed by atoms with Crippen LogP contribution in [0.4, 0.5) is 0 Å². The van der Waals surface area contributed by atoms with Gasteiger partial charge < -0.3 is 9.67 Å². The Hall–Kier alpha value is -0.760. The minimum absolute atomic E-state index is 0.206. The molecule has 102 valence electrons. The number of hydrogen-bond acceptors (Lipinski definition) is 1. The SMILES string of the molecule is CCC(C(C)C)n1ccc2c1CC(C)(C)CC2O. The highest BCUT2D eigenvalue weighted by atomic mass is 16.3. The molecule has 1 aliphatic carbocycles. The van der Waals surface area contributed by atoms with Crippen LogP contribution >= 0.6 is 0 Å². The average Bonchev–Trinajstić information content (AvgIpc) is 2.61. The highest BCUT2D eigenvalue weighted by Crippen LogP contribution is 2.42. The second kappa shape index (κ2) is 4.73. The first-order valence-electron chi connectivity index (χ1n) is 7.23. The average molecular weight is 249 g/mol. The van der Waals surface area contributed by atoms with Crippen LogP contribution in [0.2, 0.25) is 0 Å². The lowest BCUT2D eigenvalue weighted by Gasteiger charge is -2.35. The quantitative estimate of drug-likeness (QED) is 0.857. The summed E-state index contributed by atoms with van der Waals surface area (Å²) < 4.78 is 2.42. The molecule has 1 N–H and O–H groups in total. The molecule has 0 fully saturated rings. The van der Waals surface area contributed by atoms with Crippen molar-refractivity contribution in [3.8, 4) is 0 Å². The maximum atomic E-state index is 10.3.